The van der Waals surface area contributed by atoms with Crippen molar-refractivity contribution in [3.8, 4) is 0 Å². The average molecular weight is 378 g/mol. The Labute approximate surface area is 167 Å². The van der Waals surface area contributed by atoms with Gasteiger partial charge in [0, 0.05) is 17.7 Å². The van der Waals surface area contributed by atoms with E-state index in [1.165, 1.54) is 64.2 Å². The Bertz CT molecular complexity index is 463. The zero-order valence-corrected chi connectivity index (χ0v) is 17.8. The van der Waals surface area contributed by atoms with Crippen LogP contribution in [0.4, 0.5) is 0 Å². The van der Waals surface area contributed by atoms with Gasteiger partial charge in [0.1, 0.15) is 0 Å². The summed E-state index contributed by atoms with van der Waals surface area (Å²) in [6.07, 6.45) is 15.0. The molecule has 0 saturated heterocycles. The summed E-state index contributed by atoms with van der Waals surface area (Å²) in [5.41, 5.74) is 1.15. The predicted octanol–water partition coefficient (Wildman–Crippen LogP) is 6.86. The molecule has 1 rings (SSSR count). The Balaban J connectivity index is 2.00. The fraction of sp³-hybridized carbons (Fsp3) is 0.696. The van der Waals surface area contributed by atoms with Gasteiger partial charge in [0.15, 0.2) is 0 Å². The van der Waals surface area contributed by atoms with Gasteiger partial charge in [-0.1, -0.05) is 101 Å². The highest BCUT2D eigenvalue weighted by Crippen LogP contribution is 2.23. The summed E-state index contributed by atoms with van der Waals surface area (Å²) < 4.78 is 0. The molecule has 2 unspecified atom stereocenters. The molecule has 0 aromatic heterocycles. The minimum Gasteiger partial charge on any atom is -0.352 e. The van der Waals surface area contributed by atoms with Gasteiger partial charge in [-0.15, -0.1) is 0 Å². The van der Waals surface area contributed by atoms with Gasteiger partial charge in [-0.05, 0) is 18.9 Å². The molecule has 0 saturated carbocycles. The highest BCUT2D eigenvalue weighted by molar-refractivity contribution is 7.80. The van der Waals surface area contributed by atoms with Crippen molar-refractivity contribution < 1.29 is 4.79 Å². The standard InChI is InChI=1S/C23H39NOS/c1-3-4-5-6-7-8-9-10-11-12-16-19-22(25)24-20(2)23(26)21-17-14-13-15-18-21/h13-15,17-18,20,23,26H,3-12,16,19H2,1-2H3,(H,24,25). The van der Waals surface area contributed by atoms with Crippen LogP contribution in [0.2, 0.25) is 0 Å². The largest absolute Gasteiger partial charge is 0.352 e. The summed E-state index contributed by atoms with van der Waals surface area (Å²) in [5.74, 6) is 0.156. The van der Waals surface area contributed by atoms with Gasteiger partial charge in [-0.2, -0.15) is 12.6 Å². The third-order valence-corrected chi connectivity index (χ3v) is 5.76. The number of nitrogens with one attached hydrogen (secondary N) is 1. The second-order valence-corrected chi connectivity index (χ2v) is 8.05. The topological polar surface area (TPSA) is 29.1 Å². The number of rotatable bonds is 15. The number of hydrogen-bond donors (Lipinski definition) is 2. The van der Waals surface area contributed by atoms with Crippen LogP contribution < -0.4 is 5.32 Å². The van der Waals surface area contributed by atoms with Crippen LogP contribution >= 0.6 is 12.6 Å². The Hall–Kier alpha value is -0.960. The van der Waals surface area contributed by atoms with Crippen molar-refractivity contribution in [2.24, 2.45) is 0 Å². The van der Waals surface area contributed by atoms with Gasteiger partial charge in [0.2, 0.25) is 5.91 Å². The molecule has 0 radical (unpaired) electrons. The van der Waals surface area contributed by atoms with E-state index in [2.05, 4.69) is 37.0 Å². The van der Waals surface area contributed by atoms with E-state index < -0.39 is 0 Å². The molecule has 0 spiro atoms. The molecule has 2 nitrogen and oxygen atoms in total. The molecule has 26 heavy (non-hydrogen) atoms. The molecular weight excluding hydrogens is 338 g/mol. The quantitative estimate of drug-likeness (QED) is 0.253. The first kappa shape index (κ1) is 23.1. The predicted molar refractivity (Wildman–Crippen MR) is 117 cm³/mol. The lowest BCUT2D eigenvalue weighted by Gasteiger charge is -2.21. The summed E-state index contributed by atoms with van der Waals surface area (Å²) in [7, 11) is 0. The molecule has 3 heteroatoms. The first-order chi connectivity index (χ1) is 12.6. The second kappa shape index (κ2) is 15.1. The van der Waals surface area contributed by atoms with Crippen LogP contribution in [0.3, 0.4) is 0 Å². The number of hydrogen-bond acceptors (Lipinski definition) is 2. The fourth-order valence-electron chi connectivity index (χ4n) is 3.29. The lowest BCUT2D eigenvalue weighted by Crippen LogP contribution is -2.35. The first-order valence-corrected chi connectivity index (χ1v) is 11.2. The van der Waals surface area contributed by atoms with Crippen LogP contribution in [0.5, 0.6) is 0 Å². The zero-order chi connectivity index (χ0) is 19.0. The average Bonchev–Trinajstić information content (AvgIpc) is 2.66. The molecule has 0 heterocycles. The Morgan fingerprint density at radius 3 is 1.92 bits per heavy atom. The minimum absolute atomic E-state index is 0.0393. The number of unbranched alkanes of at least 4 members (excludes halogenated alkanes) is 10. The van der Waals surface area contributed by atoms with Crippen LogP contribution in [-0.2, 0) is 4.79 Å². The number of carbonyl (C=O) groups excluding carboxylic acids is 1. The van der Waals surface area contributed by atoms with E-state index in [0.717, 1.165) is 12.0 Å². The number of carbonyl (C=O) groups is 1. The van der Waals surface area contributed by atoms with Crippen molar-refractivity contribution in [3.63, 3.8) is 0 Å². The second-order valence-electron chi connectivity index (χ2n) is 7.50. The Morgan fingerprint density at radius 2 is 1.38 bits per heavy atom. The van der Waals surface area contributed by atoms with Crippen LogP contribution in [0, 0.1) is 0 Å². The molecule has 0 aliphatic rings. The van der Waals surface area contributed by atoms with Gasteiger partial charge < -0.3 is 5.32 Å². The van der Waals surface area contributed by atoms with Crippen molar-refractivity contribution in [3.05, 3.63) is 35.9 Å². The van der Waals surface area contributed by atoms with E-state index in [1.54, 1.807) is 0 Å². The summed E-state index contributed by atoms with van der Waals surface area (Å²) in [6.45, 7) is 4.30. The lowest BCUT2D eigenvalue weighted by atomic mass is 10.0. The molecule has 1 aromatic carbocycles. The van der Waals surface area contributed by atoms with Gasteiger partial charge >= 0.3 is 0 Å². The maximum Gasteiger partial charge on any atom is 0.220 e. The lowest BCUT2D eigenvalue weighted by molar-refractivity contribution is -0.121. The molecule has 0 bridgehead atoms. The monoisotopic (exact) mass is 377 g/mol. The summed E-state index contributed by atoms with van der Waals surface area (Å²) in [4.78, 5) is 12.1. The van der Waals surface area contributed by atoms with E-state index in [9.17, 15) is 4.79 Å². The third-order valence-electron chi connectivity index (χ3n) is 5.01. The Kier molecular flexibility index (Phi) is 13.4. The number of benzene rings is 1. The minimum atomic E-state index is 0.0393. The molecule has 0 aliphatic heterocycles. The van der Waals surface area contributed by atoms with Crippen LogP contribution in [0.1, 0.15) is 102 Å². The SMILES string of the molecule is CCCCCCCCCCCCCC(=O)NC(C)C(S)c1ccccc1. The smallest absolute Gasteiger partial charge is 0.220 e. The first-order valence-electron chi connectivity index (χ1n) is 10.7. The van der Waals surface area contributed by atoms with Gasteiger partial charge in [-0.3, -0.25) is 4.79 Å². The van der Waals surface area contributed by atoms with Gasteiger partial charge in [0.05, 0.1) is 0 Å². The number of amides is 1. The van der Waals surface area contributed by atoms with Crippen molar-refractivity contribution in [1.82, 2.24) is 5.32 Å². The zero-order valence-electron chi connectivity index (χ0n) is 16.9. The van der Waals surface area contributed by atoms with E-state index in [0.29, 0.717) is 6.42 Å². The normalized spacial score (nSPS) is 13.3. The maximum atomic E-state index is 12.1. The van der Waals surface area contributed by atoms with Gasteiger partial charge in [-0.25, -0.2) is 0 Å². The van der Waals surface area contributed by atoms with Crippen LogP contribution in [-0.4, -0.2) is 11.9 Å². The van der Waals surface area contributed by atoms with Crippen molar-refractivity contribution in [1.29, 1.82) is 0 Å². The van der Waals surface area contributed by atoms with E-state index in [1.807, 2.05) is 25.1 Å². The number of thiol groups is 1. The van der Waals surface area contributed by atoms with E-state index in [-0.39, 0.29) is 17.2 Å². The van der Waals surface area contributed by atoms with Crippen molar-refractivity contribution in [2.45, 2.75) is 102 Å². The van der Waals surface area contributed by atoms with Crippen molar-refractivity contribution in [2.75, 3.05) is 0 Å². The highest BCUT2D eigenvalue weighted by atomic mass is 32.1. The molecule has 1 N–H and O–H groups in total. The molecule has 148 valence electrons. The molecule has 1 amide bonds. The van der Waals surface area contributed by atoms with E-state index in [4.69, 9.17) is 0 Å². The highest BCUT2D eigenvalue weighted by Gasteiger charge is 2.16. The summed E-state index contributed by atoms with van der Waals surface area (Å²) in [6, 6.07) is 10.2. The van der Waals surface area contributed by atoms with E-state index >= 15 is 0 Å². The van der Waals surface area contributed by atoms with Crippen molar-refractivity contribution >= 4 is 18.5 Å². The Morgan fingerprint density at radius 1 is 0.885 bits per heavy atom. The molecule has 2 atom stereocenters. The molecular formula is C23H39NOS. The fourth-order valence-corrected chi connectivity index (χ4v) is 3.54. The summed E-state index contributed by atoms with van der Waals surface area (Å²) >= 11 is 4.66. The van der Waals surface area contributed by atoms with Crippen LogP contribution in [0.15, 0.2) is 30.3 Å². The molecule has 0 fully saturated rings. The van der Waals surface area contributed by atoms with Crippen LogP contribution in [0.25, 0.3) is 0 Å². The third kappa shape index (κ3) is 10.9. The molecule has 1 aromatic rings. The maximum absolute atomic E-state index is 12.1. The molecule has 0 aliphatic carbocycles. The summed E-state index contributed by atoms with van der Waals surface area (Å²) in [5, 5.41) is 3.14. The van der Waals surface area contributed by atoms with Gasteiger partial charge in [0.25, 0.3) is 0 Å².